The number of carbonyl (C=O) groups is 1. The summed E-state index contributed by atoms with van der Waals surface area (Å²) in [7, 11) is 0. The van der Waals surface area contributed by atoms with Gasteiger partial charge in [0.15, 0.2) is 0 Å². The zero-order chi connectivity index (χ0) is 17.9. The third-order valence-electron chi connectivity index (χ3n) is 4.69. The highest BCUT2D eigenvalue weighted by Gasteiger charge is 2.32. The molecule has 1 amide bonds. The number of likely N-dealkylation sites (tertiary alicyclic amines) is 1. The van der Waals surface area contributed by atoms with Gasteiger partial charge in [0.05, 0.1) is 0 Å². The third-order valence-corrected chi connectivity index (χ3v) is 4.69. The highest BCUT2D eigenvalue weighted by molar-refractivity contribution is 5.94. The number of carbonyl (C=O) groups excluding carboxylic acids is 1. The van der Waals surface area contributed by atoms with Crippen molar-refractivity contribution < 1.29 is 9.32 Å². The summed E-state index contributed by atoms with van der Waals surface area (Å²) in [4.78, 5) is 23.5. The van der Waals surface area contributed by atoms with Crippen molar-refractivity contribution >= 4 is 5.91 Å². The standard InChI is InChI=1S/C20H20N4O2/c1-14-5-4-6-16(13-14)20(25)24-12-3-2-7-17(24)19-22-18(23-26-19)15-8-10-21-11-9-15/h4-6,8-11,13,17H,2-3,7,12H2,1H3/t17-/m1/s1. The Balaban J connectivity index is 1.62. The predicted octanol–water partition coefficient (Wildman–Crippen LogP) is 3.81. The van der Waals surface area contributed by atoms with Crippen molar-refractivity contribution in [1.29, 1.82) is 0 Å². The van der Waals surface area contributed by atoms with Crippen LogP contribution in [0.5, 0.6) is 0 Å². The molecule has 1 saturated heterocycles. The molecule has 132 valence electrons. The number of piperidine rings is 1. The number of rotatable bonds is 3. The van der Waals surface area contributed by atoms with Gasteiger partial charge in [0, 0.05) is 30.1 Å². The Labute approximate surface area is 151 Å². The summed E-state index contributed by atoms with van der Waals surface area (Å²) in [6, 6.07) is 11.2. The van der Waals surface area contributed by atoms with Gasteiger partial charge in [0.2, 0.25) is 11.7 Å². The van der Waals surface area contributed by atoms with E-state index in [9.17, 15) is 4.79 Å². The van der Waals surface area contributed by atoms with Gasteiger partial charge >= 0.3 is 0 Å². The van der Waals surface area contributed by atoms with E-state index in [1.165, 1.54) is 0 Å². The fraction of sp³-hybridized carbons (Fsp3) is 0.300. The van der Waals surface area contributed by atoms with Crippen LogP contribution in [0, 0.1) is 6.92 Å². The smallest absolute Gasteiger partial charge is 0.254 e. The minimum atomic E-state index is -0.181. The van der Waals surface area contributed by atoms with E-state index in [4.69, 9.17) is 4.52 Å². The number of aryl methyl sites for hydroxylation is 1. The second-order valence-electron chi connectivity index (χ2n) is 6.57. The van der Waals surface area contributed by atoms with Crippen LogP contribution < -0.4 is 0 Å². The van der Waals surface area contributed by atoms with Gasteiger partial charge in [-0.15, -0.1) is 0 Å². The van der Waals surface area contributed by atoms with Crippen LogP contribution in [0.15, 0.2) is 53.3 Å². The first kappa shape index (κ1) is 16.4. The van der Waals surface area contributed by atoms with Crippen LogP contribution in [0.25, 0.3) is 11.4 Å². The number of nitrogens with zero attached hydrogens (tertiary/aromatic N) is 4. The molecule has 2 aromatic heterocycles. The van der Waals surface area contributed by atoms with Gasteiger partial charge in [-0.1, -0.05) is 22.9 Å². The Morgan fingerprint density at radius 3 is 2.85 bits per heavy atom. The summed E-state index contributed by atoms with van der Waals surface area (Å²) in [6.07, 6.45) is 6.24. The lowest BCUT2D eigenvalue weighted by molar-refractivity contribution is 0.0561. The molecule has 1 aliphatic heterocycles. The summed E-state index contributed by atoms with van der Waals surface area (Å²) >= 11 is 0. The van der Waals surface area contributed by atoms with Gasteiger partial charge in [0.1, 0.15) is 6.04 Å². The minimum absolute atomic E-state index is 0.0158. The Morgan fingerprint density at radius 2 is 2.04 bits per heavy atom. The molecule has 4 rings (SSSR count). The molecule has 6 nitrogen and oxygen atoms in total. The van der Waals surface area contributed by atoms with Gasteiger partial charge in [-0.3, -0.25) is 9.78 Å². The van der Waals surface area contributed by atoms with E-state index < -0.39 is 0 Å². The largest absolute Gasteiger partial charge is 0.337 e. The molecule has 26 heavy (non-hydrogen) atoms. The number of amides is 1. The number of hydrogen-bond donors (Lipinski definition) is 0. The lowest BCUT2D eigenvalue weighted by Crippen LogP contribution is -2.38. The third kappa shape index (κ3) is 3.22. The molecule has 0 radical (unpaired) electrons. The molecule has 1 atom stereocenters. The molecule has 1 fully saturated rings. The van der Waals surface area contributed by atoms with Crippen LogP contribution >= 0.6 is 0 Å². The van der Waals surface area contributed by atoms with Crippen LogP contribution in [0.4, 0.5) is 0 Å². The maximum atomic E-state index is 13.0. The van der Waals surface area contributed by atoms with Gasteiger partial charge in [-0.05, 0) is 50.5 Å². The SMILES string of the molecule is Cc1cccc(C(=O)N2CCCC[C@@H]2c2nc(-c3ccncc3)no2)c1. The molecule has 0 spiro atoms. The van der Waals surface area contributed by atoms with Crippen LogP contribution in [-0.4, -0.2) is 32.5 Å². The van der Waals surface area contributed by atoms with Crippen molar-refractivity contribution in [1.82, 2.24) is 20.0 Å². The van der Waals surface area contributed by atoms with Crippen LogP contribution in [0.1, 0.15) is 47.1 Å². The topological polar surface area (TPSA) is 72.1 Å². The molecular weight excluding hydrogens is 328 g/mol. The van der Waals surface area contributed by atoms with Crippen molar-refractivity contribution in [2.45, 2.75) is 32.2 Å². The summed E-state index contributed by atoms with van der Waals surface area (Å²) in [5, 5.41) is 4.09. The van der Waals surface area contributed by atoms with Gasteiger partial charge in [-0.2, -0.15) is 4.98 Å². The van der Waals surface area contributed by atoms with Crippen molar-refractivity contribution in [2.75, 3.05) is 6.54 Å². The molecule has 0 saturated carbocycles. The van der Waals surface area contributed by atoms with Crippen LogP contribution in [-0.2, 0) is 0 Å². The zero-order valence-electron chi connectivity index (χ0n) is 14.6. The number of hydrogen-bond acceptors (Lipinski definition) is 5. The van der Waals surface area contributed by atoms with Gasteiger partial charge in [-0.25, -0.2) is 0 Å². The lowest BCUT2D eigenvalue weighted by atomic mass is 10.00. The quantitative estimate of drug-likeness (QED) is 0.720. The Bertz CT molecular complexity index is 907. The van der Waals surface area contributed by atoms with E-state index >= 15 is 0 Å². The molecule has 1 aromatic carbocycles. The maximum Gasteiger partial charge on any atom is 0.254 e. The van der Waals surface area contributed by atoms with Crippen molar-refractivity contribution in [3.63, 3.8) is 0 Å². The lowest BCUT2D eigenvalue weighted by Gasteiger charge is -2.33. The summed E-state index contributed by atoms with van der Waals surface area (Å²) in [6.45, 7) is 2.69. The summed E-state index contributed by atoms with van der Waals surface area (Å²) in [5.41, 5.74) is 2.62. The second-order valence-corrected chi connectivity index (χ2v) is 6.57. The molecule has 0 bridgehead atoms. The highest BCUT2D eigenvalue weighted by atomic mass is 16.5. The average molecular weight is 348 g/mol. The van der Waals surface area contributed by atoms with Gasteiger partial charge < -0.3 is 9.42 Å². The number of aromatic nitrogens is 3. The first-order chi connectivity index (χ1) is 12.7. The van der Waals surface area contributed by atoms with Crippen molar-refractivity contribution in [3.05, 3.63) is 65.8 Å². The fourth-order valence-electron chi connectivity index (χ4n) is 3.36. The maximum absolute atomic E-state index is 13.0. The Kier molecular flexibility index (Phi) is 4.48. The first-order valence-corrected chi connectivity index (χ1v) is 8.84. The fourth-order valence-corrected chi connectivity index (χ4v) is 3.36. The molecule has 1 aliphatic rings. The van der Waals surface area contributed by atoms with Gasteiger partial charge in [0.25, 0.3) is 5.91 Å². The zero-order valence-corrected chi connectivity index (χ0v) is 14.6. The van der Waals surface area contributed by atoms with E-state index in [0.29, 0.717) is 23.8 Å². The Morgan fingerprint density at radius 1 is 1.19 bits per heavy atom. The molecule has 0 N–H and O–H groups in total. The van der Waals surface area contributed by atoms with E-state index in [2.05, 4.69) is 15.1 Å². The second kappa shape index (κ2) is 7.07. The van der Waals surface area contributed by atoms with Crippen LogP contribution in [0.3, 0.4) is 0 Å². The molecule has 6 heteroatoms. The minimum Gasteiger partial charge on any atom is -0.337 e. The van der Waals surface area contributed by atoms with E-state index in [1.54, 1.807) is 12.4 Å². The molecule has 0 unspecified atom stereocenters. The molecule has 3 heterocycles. The summed E-state index contributed by atoms with van der Waals surface area (Å²) < 4.78 is 5.52. The molecule has 0 aliphatic carbocycles. The molecular formula is C20H20N4O2. The number of benzene rings is 1. The van der Waals surface area contributed by atoms with Crippen molar-refractivity contribution in [3.8, 4) is 11.4 Å². The Hall–Kier alpha value is -3.02. The van der Waals surface area contributed by atoms with E-state index in [-0.39, 0.29) is 11.9 Å². The number of pyridine rings is 1. The molecule has 3 aromatic rings. The average Bonchev–Trinajstić information content (AvgIpc) is 3.18. The van der Waals surface area contributed by atoms with Crippen LogP contribution in [0.2, 0.25) is 0 Å². The summed E-state index contributed by atoms with van der Waals surface area (Å²) in [5.74, 6) is 1.04. The van der Waals surface area contributed by atoms with E-state index in [0.717, 1.165) is 30.4 Å². The van der Waals surface area contributed by atoms with E-state index in [1.807, 2.05) is 48.2 Å². The normalized spacial score (nSPS) is 17.3. The highest BCUT2D eigenvalue weighted by Crippen LogP contribution is 2.32. The monoisotopic (exact) mass is 348 g/mol. The van der Waals surface area contributed by atoms with Crippen molar-refractivity contribution in [2.24, 2.45) is 0 Å². The predicted molar refractivity (Wildman–Crippen MR) is 96.3 cm³/mol. The first-order valence-electron chi connectivity index (χ1n) is 8.84.